The standard InChI is InChI=1S/C22H20F2N2O3/c1-14-2-4-17-16(12-21(27)29-20(17)10-14)13-25-6-8-26(9-7-25)22(28)15-3-5-18(23)19(24)11-15/h2-5,10-12H,6-9,13H2,1H3. The number of fused-ring (bicyclic) bond motifs is 1. The average Bonchev–Trinajstić information content (AvgIpc) is 2.69. The van der Waals surface area contributed by atoms with E-state index in [1.807, 2.05) is 25.1 Å². The summed E-state index contributed by atoms with van der Waals surface area (Å²) >= 11 is 0. The summed E-state index contributed by atoms with van der Waals surface area (Å²) in [5.41, 5.74) is 2.23. The molecular weight excluding hydrogens is 378 g/mol. The minimum atomic E-state index is -1.03. The number of benzene rings is 2. The van der Waals surface area contributed by atoms with Gasteiger partial charge >= 0.3 is 5.63 Å². The monoisotopic (exact) mass is 398 g/mol. The van der Waals surface area contributed by atoms with Crippen molar-refractivity contribution in [1.29, 1.82) is 0 Å². The summed E-state index contributed by atoms with van der Waals surface area (Å²) in [4.78, 5) is 28.2. The Kier molecular flexibility index (Phi) is 5.15. The highest BCUT2D eigenvalue weighted by molar-refractivity contribution is 5.94. The molecule has 0 saturated carbocycles. The summed E-state index contributed by atoms with van der Waals surface area (Å²) in [6.07, 6.45) is 0. The third-order valence-corrected chi connectivity index (χ3v) is 5.21. The van der Waals surface area contributed by atoms with Crippen LogP contribution in [0.1, 0.15) is 21.5 Å². The van der Waals surface area contributed by atoms with Crippen molar-refractivity contribution in [3.63, 3.8) is 0 Å². The summed E-state index contributed by atoms with van der Waals surface area (Å²) in [5, 5.41) is 0.899. The van der Waals surface area contributed by atoms with Gasteiger partial charge in [0.2, 0.25) is 0 Å². The Bertz CT molecular complexity index is 1130. The van der Waals surface area contributed by atoms with Crippen molar-refractivity contribution in [2.24, 2.45) is 0 Å². The van der Waals surface area contributed by atoms with Crippen molar-refractivity contribution in [2.45, 2.75) is 13.5 Å². The van der Waals surface area contributed by atoms with Gasteiger partial charge in [-0.2, -0.15) is 0 Å². The van der Waals surface area contributed by atoms with Crippen LogP contribution in [0.3, 0.4) is 0 Å². The minimum Gasteiger partial charge on any atom is -0.423 e. The molecule has 0 bridgehead atoms. The van der Waals surface area contributed by atoms with E-state index in [2.05, 4.69) is 4.90 Å². The first kappa shape index (κ1) is 19.3. The zero-order chi connectivity index (χ0) is 20.5. The minimum absolute atomic E-state index is 0.138. The second-order valence-electron chi connectivity index (χ2n) is 7.29. The Morgan fingerprint density at radius 2 is 1.76 bits per heavy atom. The second-order valence-corrected chi connectivity index (χ2v) is 7.29. The highest BCUT2D eigenvalue weighted by atomic mass is 19.2. The van der Waals surface area contributed by atoms with Crippen molar-refractivity contribution in [2.75, 3.05) is 26.2 Å². The largest absolute Gasteiger partial charge is 0.423 e. The predicted molar refractivity (Wildman–Crippen MR) is 105 cm³/mol. The number of halogens is 2. The van der Waals surface area contributed by atoms with Crippen LogP contribution in [-0.2, 0) is 6.54 Å². The fourth-order valence-electron chi connectivity index (χ4n) is 3.63. The third-order valence-electron chi connectivity index (χ3n) is 5.21. The molecule has 1 aromatic heterocycles. The number of piperazine rings is 1. The van der Waals surface area contributed by atoms with Gasteiger partial charge in [-0.3, -0.25) is 9.69 Å². The summed E-state index contributed by atoms with van der Waals surface area (Å²) in [7, 11) is 0. The zero-order valence-corrected chi connectivity index (χ0v) is 16.0. The van der Waals surface area contributed by atoms with E-state index >= 15 is 0 Å². The van der Waals surface area contributed by atoms with Gasteiger partial charge < -0.3 is 9.32 Å². The van der Waals surface area contributed by atoms with Crippen LogP contribution in [0.25, 0.3) is 11.0 Å². The highest BCUT2D eigenvalue weighted by Crippen LogP contribution is 2.21. The molecule has 5 nitrogen and oxygen atoms in total. The molecule has 2 aromatic carbocycles. The van der Waals surface area contributed by atoms with Gasteiger partial charge in [0.05, 0.1) is 0 Å². The number of aryl methyl sites for hydroxylation is 1. The lowest BCUT2D eigenvalue weighted by molar-refractivity contribution is 0.0628. The SMILES string of the molecule is Cc1ccc2c(CN3CCN(C(=O)c4ccc(F)c(F)c4)CC3)cc(=O)oc2c1. The molecule has 1 aliphatic heterocycles. The molecule has 1 aliphatic rings. The van der Waals surface area contributed by atoms with Gasteiger partial charge in [0.15, 0.2) is 11.6 Å². The summed E-state index contributed by atoms with van der Waals surface area (Å²) < 4.78 is 31.8. The number of amides is 1. The Labute approximate surface area is 166 Å². The van der Waals surface area contributed by atoms with E-state index in [1.54, 1.807) is 4.90 Å². The summed E-state index contributed by atoms with van der Waals surface area (Å²) in [5.74, 6) is -2.31. The predicted octanol–water partition coefficient (Wildman–Crippen LogP) is 3.34. The molecule has 0 spiro atoms. The van der Waals surface area contributed by atoms with Crippen molar-refractivity contribution in [3.8, 4) is 0 Å². The number of rotatable bonds is 3. The molecule has 150 valence electrons. The molecule has 0 atom stereocenters. The number of carbonyl (C=O) groups is 1. The van der Waals surface area contributed by atoms with E-state index in [-0.39, 0.29) is 17.1 Å². The van der Waals surface area contributed by atoms with E-state index in [9.17, 15) is 18.4 Å². The van der Waals surface area contributed by atoms with Crippen molar-refractivity contribution in [1.82, 2.24) is 9.80 Å². The molecular formula is C22H20F2N2O3. The fraction of sp³-hybridized carbons (Fsp3) is 0.273. The maximum Gasteiger partial charge on any atom is 0.336 e. The fourth-order valence-corrected chi connectivity index (χ4v) is 3.63. The zero-order valence-electron chi connectivity index (χ0n) is 16.0. The van der Waals surface area contributed by atoms with Crippen LogP contribution in [0.4, 0.5) is 8.78 Å². The van der Waals surface area contributed by atoms with Gasteiger partial charge in [-0.25, -0.2) is 13.6 Å². The molecule has 0 N–H and O–H groups in total. The van der Waals surface area contributed by atoms with Gasteiger partial charge in [-0.05, 0) is 42.3 Å². The van der Waals surface area contributed by atoms with Crippen LogP contribution < -0.4 is 5.63 Å². The first-order valence-electron chi connectivity index (χ1n) is 9.41. The van der Waals surface area contributed by atoms with Gasteiger partial charge in [-0.15, -0.1) is 0 Å². The number of hydrogen-bond acceptors (Lipinski definition) is 4. The van der Waals surface area contributed by atoms with E-state index in [0.717, 1.165) is 28.6 Å². The van der Waals surface area contributed by atoms with E-state index in [0.29, 0.717) is 38.3 Å². The first-order chi connectivity index (χ1) is 13.9. The Morgan fingerprint density at radius 1 is 1.00 bits per heavy atom. The van der Waals surface area contributed by atoms with Crippen molar-refractivity contribution in [3.05, 3.63) is 81.2 Å². The van der Waals surface area contributed by atoms with Gasteiger partial charge in [0.25, 0.3) is 5.91 Å². The topological polar surface area (TPSA) is 53.8 Å². The van der Waals surface area contributed by atoms with Crippen LogP contribution in [-0.4, -0.2) is 41.9 Å². The smallest absolute Gasteiger partial charge is 0.336 e. The van der Waals surface area contributed by atoms with Crippen molar-refractivity contribution < 1.29 is 18.0 Å². The van der Waals surface area contributed by atoms with Gasteiger partial charge in [0, 0.05) is 49.7 Å². The summed E-state index contributed by atoms with van der Waals surface area (Å²) in [6.45, 7) is 4.67. The number of carbonyl (C=O) groups excluding carboxylic acids is 1. The van der Waals surface area contributed by atoms with Crippen LogP contribution in [0.15, 0.2) is 51.7 Å². The Hall–Kier alpha value is -3.06. The molecule has 7 heteroatoms. The lowest BCUT2D eigenvalue weighted by Gasteiger charge is -2.35. The maximum atomic E-state index is 13.4. The normalized spacial score (nSPS) is 15.1. The molecule has 4 rings (SSSR count). The van der Waals surface area contributed by atoms with Crippen LogP contribution >= 0.6 is 0 Å². The molecule has 1 amide bonds. The maximum absolute atomic E-state index is 13.4. The quantitative estimate of drug-likeness (QED) is 0.635. The highest BCUT2D eigenvalue weighted by Gasteiger charge is 2.23. The Balaban J connectivity index is 1.45. The molecule has 0 unspecified atom stereocenters. The lowest BCUT2D eigenvalue weighted by Crippen LogP contribution is -2.48. The molecule has 0 radical (unpaired) electrons. The van der Waals surface area contributed by atoms with E-state index < -0.39 is 11.6 Å². The molecule has 0 aliphatic carbocycles. The molecule has 3 aromatic rings. The summed E-state index contributed by atoms with van der Waals surface area (Å²) in [6, 6.07) is 10.5. The number of nitrogens with zero attached hydrogens (tertiary/aromatic N) is 2. The molecule has 1 saturated heterocycles. The Morgan fingerprint density at radius 3 is 2.48 bits per heavy atom. The third kappa shape index (κ3) is 4.05. The first-order valence-corrected chi connectivity index (χ1v) is 9.41. The van der Waals surface area contributed by atoms with Gasteiger partial charge in [0.1, 0.15) is 5.58 Å². The van der Waals surface area contributed by atoms with Crippen LogP contribution in [0, 0.1) is 18.6 Å². The average molecular weight is 398 g/mol. The molecule has 2 heterocycles. The van der Waals surface area contributed by atoms with Crippen LogP contribution in [0.2, 0.25) is 0 Å². The van der Waals surface area contributed by atoms with Crippen molar-refractivity contribution >= 4 is 16.9 Å². The lowest BCUT2D eigenvalue weighted by atomic mass is 10.1. The second kappa shape index (κ2) is 7.75. The van der Waals surface area contributed by atoms with Crippen LogP contribution in [0.5, 0.6) is 0 Å². The van der Waals surface area contributed by atoms with E-state index in [1.165, 1.54) is 12.1 Å². The number of hydrogen-bond donors (Lipinski definition) is 0. The van der Waals surface area contributed by atoms with Gasteiger partial charge in [-0.1, -0.05) is 12.1 Å². The van der Waals surface area contributed by atoms with E-state index in [4.69, 9.17) is 4.42 Å². The molecule has 29 heavy (non-hydrogen) atoms. The molecule has 1 fully saturated rings.